The third-order valence-electron chi connectivity index (χ3n) is 4.89. The van der Waals surface area contributed by atoms with E-state index in [2.05, 4.69) is 60.5 Å². The van der Waals surface area contributed by atoms with Gasteiger partial charge in [0.25, 0.3) is 0 Å². The summed E-state index contributed by atoms with van der Waals surface area (Å²) in [5, 5.41) is 1.12. The van der Waals surface area contributed by atoms with Gasteiger partial charge in [-0.1, -0.05) is 77.8 Å². The van der Waals surface area contributed by atoms with Gasteiger partial charge in [0.05, 0.1) is 22.3 Å². The second-order valence-corrected chi connectivity index (χ2v) is 7.61. The maximum atomic E-state index is 6.13. The van der Waals surface area contributed by atoms with Crippen molar-refractivity contribution in [2.24, 2.45) is 4.99 Å². The lowest BCUT2D eigenvalue weighted by Gasteiger charge is -2.20. The average Bonchev–Trinajstić information content (AvgIpc) is 2.88. The standard InChI is InChI=1S/C24H20Cl2N2.ClH/c1-28-14-13-27-23(12-8-17-7-11-21(25)22(26)15-17)20-10-9-19(16-24(20)28)18-5-3-2-4-6-18;/h2-12,15-16H,13-14H2,1H3;1H/b12-8+;. The highest BCUT2D eigenvalue weighted by Gasteiger charge is 2.15. The summed E-state index contributed by atoms with van der Waals surface area (Å²) in [7, 11) is 2.12. The Hall–Kier alpha value is -2.26. The van der Waals surface area contributed by atoms with Gasteiger partial charge in [-0.25, -0.2) is 0 Å². The Morgan fingerprint density at radius 3 is 2.41 bits per heavy atom. The van der Waals surface area contributed by atoms with E-state index in [1.165, 1.54) is 16.8 Å². The van der Waals surface area contributed by atoms with Crippen molar-refractivity contribution in [1.29, 1.82) is 0 Å². The number of rotatable bonds is 3. The number of hydrogen-bond acceptors (Lipinski definition) is 2. The second-order valence-electron chi connectivity index (χ2n) is 6.79. The summed E-state index contributed by atoms with van der Waals surface area (Å²) >= 11 is 12.1. The van der Waals surface area contributed by atoms with Gasteiger partial charge < -0.3 is 4.90 Å². The smallest absolute Gasteiger partial charge is 0.0668 e. The highest BCUT2D eigenvalue weighted by molar-refractivity contribution is 6.42. The van der Waals surface area contributed by atoms with Gasteiger partial charge in [0, 0.05) is 24.8 Å². The molecule has 1 aliphatic rings. The normalized spacial score (nSPS) is 13.5. The van der Waals surface area contributed by atoms with E-state index in [-0.39, 0.29) is 12.4 Å². The van der Waals surface area contributed by atoms with Crippen molar-refractivity contribution >= 4 is 53.1 Å². The molecule has 148 valence electrons. The van der Waals surface area contributed by atoms with Crippen molar-refractivity contribution in [2.75, 3.05) is 25.0 Å². The first-order chi connectivity index (χ1) is 13.6. The van der Waals surface area contributed by atoms with E-state index in [9.17, 15) is 0 Å². The monoisotopic (exact) mass is 442 g/mol. The first-order valence-electron chi connectivity index (χ1n) is 9.20. The summed E-state index contributed by atoms with van der Waals surface area (Å²) in [5.74, 6) is 0. The fourth-order valence-corrected chi connectivity index (χ4v) is 3.64. The van der Waals surface area contributed by atoms with Crippen LogP contribution in [0.4, 0.5) is 5.69 Å². The summed E-state index contributed by atoms with van der Waals surface area (Å²) in [6.45, 7) is 1.64. The lowest BCUT2D eigenvalue weighted by molar-refractivity contribution is 0.897. The Balaban J connectivity index is 0.00000240. The third kappa shape index (κ3) is 4.84. The quantitative estimate of drug-likeness (QED) is 0.424. The molecule has 0 N–H and O–H groups in total. The van der Waals surface area contributed by atoms with Crippen molar-refractivity contribution in [3.63, 3.8) is 0 Å². The van der Waals surface area contributed by atoms with Crippen LogP contribution in [0.15, 0.2) is 77.8 Å². The van der Waals surface area contributed by atoms with Crippen LogP contribution in [0, 0.1) is 0 Å². The van der Waals surface area contributed by atoms with E-state index in [0.717, 1.165) is 29.9 Å². The van der Waals surface area contributed by atoms with Gasteiger partial charge in [-0.3, -0.25) is 4.99 Å². The van der Waals surface area contributed by atoms with Crippen LogP contribution in [0.25, 0.3) is 17.2 Å². The molecule has 0 atom stereocenters. The van der Waals surface area contributed by atoms with Crippen LogP contribution in [0.1, 0.15) is 11.1 Å². The zero-order valence-electron chi connectivity index (χ0n) is 16.0. The molecular formula is C24H21Cl3N2. The molecule has 0 aromatic heterocycles. The number of likely N-dealkylation sites (N-methyl/N-ethyl adjacent to an activating group) is 1. The molecule has 3 aromatic carbocycles. The predicted molar refractivity (Wildman–Crippen MR) is 129 cm³/mol. The number of aliphatic imine (C=N–C) groups is 1. The van der Waals surface area contributed by atoms with Crippen molar-refractivity contribution in [3.05, 3.63) is 94.0 Å². The van der Waals surface area contributed by atoms with E-state index in [1.54, 1.807) is 0 Å². The fourth-order valence-electron chi connectivity index (χ4n) is 3.33. The van der Waals surface area contributed by atoms with Crippen molar-refractivity contribution in [3.8, 4) is 11.1 Å². The molecule has 5 heteroatoms. The van der Waals surface area contributed by atoms with Crippen LogP contribution in [-0.4, -0.2) is 25.8 Å². The molecule has 4 rings (SSSR count). The first kappa shape index (κ1) is 21.4. The first-order valence-corrected chi connectivity index (χ1v) is 9.96. The molecule has 0 aliphatic carbocycles. The van der Waals surface area contributed by atoms with Crippen molar-refractivity contribution in [2.45, 2.75) is 0 Å². The molecule has 3 aromatic rings. The lowest BCUT2D eigenvalue weighted by Crippen LogP contribution is -2.20. The van der Waals surface area contributed by atoms with Crippen LogP contribution in [0.2, 0.25) is 10.0 Å². The highest BCUT2D eigenvalue weighted by atomic mass is 35.5. The minimum absolute atomic E-state index is 0. The summed E-state index contributed by atoms with van der Waals surface area (Å²) in [4.78, 5) is 7.07. The zero-order chi connectivity index (χ0) is 19.5. The average molecular weight is 444 g/mol. The van der Waals surface area contributed by atoms with Gasteiger partial charge in [-0.05, 0) is 41.0 Å². The minimum atomic E-state index is 0. The number of nitrogens with zero attached hydrogens (tertiary/aromatic N) is 2. The molecular weight excluding hydrogens is 423 g/mol. The van der Waals surface area contributed by atoms with Gasteiger partial charge in [0.1, 0.15) is 0 Å². The largest absolute Gasteiger partial charge is 0.372 e. The minimum Gasteiger partial charge on any atom is -0.372 e. The zero-order valence-corrected chi connectivity index (χ0v) is 18.3. The number of halogens is 3. The van der Waals surface area contributed by atoms with E-state index in [4.69, 9.17) is 28.2 Å². The molecule has 1 heterocycles. The van der Waals surface area contributed by atoms with E-state index >= 15 is 0 Å². The summed E-state index contributed by atoms with van der Waals surface area (Å²) in [5.41, 5.74) is 6.73. The number of benzodiazepines with no additional fused rings is 1. The predicted octanol–water partition coefficient (Wildman–Crippen LogP) is 7.03. The molecule has 0 fully saturated rings. The molecule has 0 saturated heterocycles. The van der Waals surface area contributed by atoms with E-state index in [0.29, 0.717) is 10.0 Å². The molecule has 29 heavy (non-hydrogen) atoms. The fraction of sp³-hybridized carbons (Fsp3) is 0.125. The number of allylic oxidation sites excluding steroid dienone is 1. The number of hydrogen-bond donors (Lipinski definition) is 0. The Bertz CT molecular complexity index is 1060. The summed E-state index contributed by atoms with van der Waals surface area (Å²) < 4.78 is 0. The Morgan fingerprint density at radius 1 is 0.862 bits per heavy atom. The Morgan fingerprint density at radius 2 is 1.66 bits per heavy atom. The van der Waals surface area contributed by atoms with Crippen molar-refractivity contribution < 1.29 is 0 Å². The van der Waals surface area contributed by atoms with Gasteiger partial charge >= 0.3 is 0 Å². The molecule has 0 bridgehead atoms. The molecule has 0 unspecified atom stereocenters. The van der Waals surface area contributed by atoms with Gasteiger partial charge in [-0.15, -0.1) is 12.4 Å². The van der Waals surface area contributed by atoms with Crippen molar-refractivity contribution in [1.82, 2.24) is 0 Å². The van der Waals surface area contributed by atoms with E-state index in [1.807, 2.05) is 30.3 Å². The molecule has 0 amide bonds. The van der Waals surface area contributed by atoms with Gasteiger partial charge in [-0.2, -0.15) is 0 Å². The van der Waals surface area contributed by atoms with Crippen LogP contribution in [-0.2, 0) is 0 Å². The van der Waals surface area contributed by atoms with Crippen LogP contribution in [0.3, 0.4) is 0 Å². The maximum Gasteiger partial charge on any atom is 0.0668 e. The topological polar surface area (TPSA) is 15.6 Å². The number of fused-ring (bicyclic) bond motifs is 1. The van der Waals surface area contributed by atoms with Crippen LogP contribution < -0.4 is 4.90 Å². The van der Waals surface area contributed by atoms with Crippen LogP contribution >= 0.6 is 35.6 Å². The Kier molecular flexibility index (Phi) is 7.02. The third-order valence-corrected chi connectivity index (χ3v) is 5.63. The molecule has 0 radical (unpaired) electrons. The SMILES string of the molecule is CN1CCN=C(/C=C/c2ccc(Cl)c(Cl)c2)c2ccc(-c3ccccc3)cc21.Cl. The highest BCUT2D eigenvalue weighted by Crippen LogP contribution is 2.30. The van der Waals surface area contributed by atoms with E-state index < -0.39 is 0 Å². The second kappa shape index (κ2) is 9.49. The number of anilines is 1. The van der Waals surface area contributed by atoms with Gasteiger partial charge in [0.2, 0.25) is 0 Å². The van der Waals surface area contributed by atoms with Crippen LogP contribution in [0.5, 0.6) is 0 Å². The lowest BCUT2D eigenvalue weighted by atomic mass is 9.99. The Labute approximate surface area is 187 Å². The number of benzene rings is 3. The van der Waals surface area contributed by atoms with Gasteiger partial charge in [0.15, 0.2) is 0 Å². The summed E-state index contributed by atoms with van der Waals surface area (Å²) in [6, 6.07) is 22.6. The summed E-state index contributed by atoms with van der Waals surface area (Å²) in [6.07, 6.45) is 4.08. The molecule has 0 saturated carbocycles. The molecule has 1 aliphatic heterocycles. The molecule has 0 spiro atoms. The molecule has 2 nitrogen and oxygen atoms in total. The maximum absolute atomic E-state index is 6.13.